The highest BCUT2D eigenvalue weighted by Crippen LogP contribution is 2.24. The summed E-state index contributed by atoms with van der Waals surface area (Å²) in [6.07, 6.45) is 2.08. The monoisotopic (exact) mass is 330 g/mol. The van der Waals surface area contributed by atoms with Crippen LogP contribution in [0.25, 0.3) is 0 Å². The third kappa shape index (κ3) is 4.59. The Morgan fingerprint density at radius 3 is 2.33 bits per heavy atom. The number of hydrogen-bond acceptors (Lipinski definition) is 3. The van der Waals surface area contributed by atoms with Gasteiger partial charge in [-0.05, 0) is 56.4 Å². The molecular weight excluding hydrogens is 300 g/mol. The summed E-state index contributed by atoms with van der Waals surface area (Å²) in [7, 11) is 0. The summed E-state index contributed by atoms with van der Waals surface area (Å²) in [5.74, 6) is 0.945. The highest BCUT2D eigenvalue weighted by Gasteiger charge is 2.30. The molecule has 2 rings (SSSR count). The van der Waals surface area contributed by atoms with E-state index in [4.69, 9.17) is 0 Å². The van der Waals surface area contributed by atoms with Gasteiger partial charge in [-0.15, -0.1) is 0 Å². The Morgan fingerprint density at radius 2 is 1.83 bits per heavy atom. The smallest absolute Gasteiger partial charge is 0.227 e. The molecule has 1 aliphatic heterocycles. The van der Waals surface area contributed by atoms with Gasteiger partial charge in [-0.2, -0.15) is 0 Å². The van der Waals surface area contributed by atoms with E-state index in [2.05, 4.69) is 5.32 Å². The molecule has 0 aromatic heterocycles. The lowest BCUT2D eigenvalue weighted by Gasteiger charge is -2.35. The van der Waals surface area contributed by atoms with Crippen molar-refractivity contribution >= 4 is 17.4 Å². The van der Waals surface area contributed by atoms with E-state index < -0.39 is 0 Å². The van der Waals surface area contributed by atoms with Crippen molar-refractivity contribution in [1.82, 2.24) is 4.90 Å². The SMILES string of the molecule is CC(=O)c1ccc(NCC2CCN(C(=O)C(C)(C)C)CC2)cc1C. The van der Waals surface area contributed by atoms with Gasteiger partial charge in [0, 0.05) is 36.3 Å². The Bertz CT molecular complexity index is 609. The Morgan fingerprint density at radius 1 is 1.21 bits per heavy atom. The summed E-state index contributed by atoms with van der Waals surface area (Å²) in [4.78, 5) is 25.8. The quantitative estimate of drug-likeness (QED) is 0.852. The van der Waals surface area contributed by atoms with E-state index in [1.807, 2.05) is 50.8 Å². The summed E-state index contributed by atoms with van der Waals surface area (Å²) >= 11 is 0. The zero-order valence-corrected chi connectivity index (χ0v) is 15.6. The van der Waals surface area contributed by atoms with Crippen LogP contribution in [-0.4, -0.2) is 36.2 Å². The molecular formula is C20H30N2O2. The van der Waals surface area contributed by atoms with Gasteiger partial charge in [-0.25, -0.2) is 0 Å². The number of nitrogens with one attached hydrogen (secondary N) is 1. The van der Waals surface area contributed by atoms with Crippen LogP contribution in [0.15, 0.2) is 18.2 Å². The molecule has 0 unspecified atom stereocenters. The highest BCUT2D eigenvalue weighted by molar-refractivity contribution is 5.95. The molecule has 1 aliphatic rings. The fourth-order valence-electron chi connectivity index (χ4n) is 3.25. The number of Topliss-reactive ketones (excluding diaryl/α,β-unsaturated/α-hetero) is 1. The van der Waals surface area contributed by atoms with Crippen LogP contribution in [0.1, 0.15) is 56.5 Å². The standard InChI is InChI=1S/C20H30N2O2/c1-14-12-17(6-7-18(14)15(2)23)21-13-16-8-10-22(11-9-16)19(24)20(3,4)5/h6-7,12,16,21H,8-11,13H2,1-5H3. The Hall–Kier alpha value is -1.84. The van der Waals surface area contributed by atoms with Crippen LogP contribution in [0, 0.1) is 18.3 Å². The minimum atomic E-state index is -0.291. The molecule has 0 saturated carbocycles. The van der Waals surface area contributed by atoms with Gasteiger partial charge in [-0.1, -0.05) is 20.8 Å². The largest absolute Gasteiger partial charge is 0.385 e. The Balaban J connectivity index is 1.84. The normalized spacial score (nSPS) is 16.1. The number of aryl methyl sites for hydroxylation is 1. The van der Waals surface area contributed by atoms with E-state index in [-0.39, 0.29) is 17.1 Å². The van der Waals surface area contributed by atoms with Gasteiger partial charge in [0.2, 0.25) is 5.91 Å². The second-order valence-electron chi connectivity index (χ2n) is 7.95. The average molecular weight is 330 g/mol. The fourth-order valence-corrected chi connectivity index (χ4v) is 3.25. The molecule has 24 heavy (non-hydrogen) atoms. The van der Waals surface area contributed by atoms with E-state index in [1.54, 1.807) is 6.92 Å². The molecule has 1 heterocycles. The fraction of sp³-hybridized carbons (Fsp3) is 0.600. The van der Waals surface area contributed by atoms with Crippen LogP contribution in [0.4, 0.5) is 5.69 Å². The molecule has 1 amide bonds. The van der Waals surface area contributed by atoms with Crippen LogP contribution in [-0.2, 0) is 4.79 Å². The first kappa shape index (κ1) is 18.5. The molecule has 1 N–H and O–H groups in total. The van der Waals surface area contributed by atoms with E-state index in [0.29, 0.717) is 5.92 Å². The molecule has 0 spiro atoms. The van der Waals surface area contributed by atoms with Gasteiger partial charge in [0.25, 0.3) is 0 Å². The predicted molar refractivity (Wildman–Crippen MR) is 98.4 cm³/mol. The molecule has 1 saturated heterocycles. The van der Waals surface area contributed by atoms with Crippen molar-refractivity contribution in [3.63, 3.8) is 0 Å². The van der Waals surface area contributed by atoms with E-state index in [0.717, 1.165) is 49.3 Å². The second-order valence-corrected chi connectivity index (χ2v) is 7.95. The summed E-state index contributed by atoms with van der Waals surface area (Å²) in [5, 5.41) is 3.48. The molecule has 1 aromatic carbocycles. The van der Waals surface area contributed by atoms with Crippen molar-refractivity contribution in [2.75, 3.05) is 25.0 Å². The minimum absolute atomic E-state index is 0.106. The molecule has 0 atom stereocenters. The molecule has 0 radical (unpaired) electrons. The summed E-state index contributed by atoms with van der Waals surface area (Å²) in [6.45, 7) is 12.1. The van der Waals surface area contributed by atoms with Crippen molar-refractivity contribution < 1.29 is 9.59 Å². The summed E-state index contributed by atoms with van der Waals surface area (Å²) in [5.41, 5.74) is 2.57. The lowest BCUT2D eigenvalue weighted by atomic mass is 9.91. The number of benzene rings is 1. The molecule has 132 valence electrons. The van der Waals surface area contributed by atoms with E-state index in [9.17, 15) is 9.59 Å². The van der Waals surface area contributed by atoms with Crippen LogP contribution < -0.4 is 5.32 Å². The van der Waals surface area contributed by atoms with Gasteiger partial charge in [0.05, 0.1) is 0 Å². The van der Waals surface area contributed by atoms with Crippen LogP contribution in [0.5, 0.6) is 0 Å². The highest BCUT2D eigenvalue weighted by atomic mass is 16.2. The third-order valence-electron chi connectivity index (χ3n) is 4.74. The topological polar surface area (TPSA) is 49.4 Å². The summed E-state index contributed by atoms with van der Waals surface area (Å²) < 4.78 is 0. The number of hydrogen-bond donors (Lipinski definition) is 1. The lowest BCUT2D eigenvalue weighted by Crippen LogP contribution is -2.44. The number of ketones is 1. The number of piperidine rings is 1. The molecule has 4 heteroatoms. The lowest BCUT2D eigenvalue weighted by molar-refractivity contribution is -0.140. The summed E-state index contributed by atoms with van der Waals surface area (Å²) in [6, 6.07) is 5.90. The first-order valence-corrected chi connectivity index (χ1v) is 8.83. The Kier molecular flexibility index (Phi) is 5.68. The van der Waals surface area contributed by atoms with Crippen LogP contribution in [0.2, 0.25) is 0 Å². The molecule has 1 fully saturated rings. The van der Waals surface area contributed by atoms with Crippen molar-refractivity contribution in [2.24, 2.45) is 11.3 Å². The van der Waals surface area contributed by atoms with Crippen molar-refractivity contribution in [3.05, 3.63) is 29.3 Å². The Labute approximate surface area is 145 Å². The number of rotatable bonds is 4. The maximum Gasteiger partial charge on any atom is 0.227 e. The van der Waals surface area contributed by atoms with Gasteiger partial charge >= 0.3 is 0 Å². The number of amides is 1. The zero-order valence-electron chi connectivity index (χ0n) is 15.6. The van der Waals surface area contributed by atoms with Crippen molar-refractivity contribution in [3.8, 4) is 0 Å². The first-order chi connectivity index (χ1) is 11.2. The van der Waals surface area contributed by atoms with Gasteiger partial charge in [0.15, 0.2) is 5.78 Å². The molecule has 0 aliphatic carbocycles. The first-order valence-electron chi connectivity index (χ1n) is 8.83. The number of likely N-dealkylation sites (tertiary alicyclic amines) is 1. The average Bonchev–Trinajstić information content (AvgIpc) is 2.51. The molecule has 4 nitrogen and oxygen atoms in total. The number of carbonyl (C=O) groups excluding carboxylic acids is 2. The number of nitrogens with zero attached hydrogens (tertiary/aromatic N) is 1. The van der Waals surface area contributed by atoms with E-state index >= 15 is 0 Å². The van der Waals surface area contributed by atoms with Gasteiger partial charge in [-0.3, -0.25) is 9.59 Å². The van der Waals surface area contributed by atoms with Crippen molar-refractivity contribution in [2.45, 2.75) is 47.5 Å². The van der Waals surface area contributed by atoms with Crippen molar-refractivity contribution in [1.29, 1.82) is 0 Å². The maximum atomic E-state index is 12.3. The van der Waals surface area contributed by atoms with Gasteiger partial charge < -0.3 is 10.2 Å². The zero-order chi connectivity index (χ0) is 17.9. The molecule has 1 aromatic rings. The van der Waals surface area contributed by atoms with E-state index in [1.165, 1.54) is 0 Å². The number of anilines is 1. The minimum Gasteiger partial charge on any atom is -0.385 e. The third-order valence-corrected chi connectivity index (χ3v) is 4.74. The number of carbonyl (C=O) groups is 2. The predicted octanol–water partition coefficient (Wildman–Crippen LogP) is 3.89. The second kappa shape index (κ2) is 7.37. The van der Waals surface area contributed by atoms with Crippen LogP contribution >= 0.6 is 0 Å². The van der Waals surface area contributed by atoms with Gasteiger partial charge in [0.1, 0.15) is 0 Å². The van der Waals surface area contributed by atoms with Crippen LogP contribution in [0.3, 0.4) is 0 Å². The molecule has 0 bridgehead atoms. The maximum absolute atomic E-state index is 12.3.